The average Bonchev–Trinajstić information content (AvgIpc) is 3.14. The molecule has 0 unspecified atom stereocenters. The molecule has 3 aromatic carbocycles. The second-order valence-electron chi connectivity index (χ2n) is 7.22. The van der Waals surface area contributed by atoms with E-state index in [0.29, 0.717) is 33.2 Å². The molecule has 0 saturated carbocycles. The Balaban J connectivity index is 1.84. The Morgan fingerprint density at radius 3 is 2.57 bits per heavy atom. The zero-order valence-corrected chi connectivity index (χ0v) is 17.0. The molecule has 0 atom stereocenters. The van der Waals surface area contributed by atoms with Crippen molar-refractivity contribution in [3.05, 3.63) is 107 Å². The van der Waals surface area contributed by atoms with Gasteiger partial charge in [-0.1, -0.05) is 60.6 Å². The van der Waals surface area contributed by atoms with Gasteiger partial charge in [-0.3, -0.25) is 4.79 Å². The molecule has 3 nitrogen and oxygen atoms in total. The van der Waals surface area contributed by atoms with Crippen LogP contribution in [0.4, 0.5) is 0 Å². The first-order valence-corrected chi connectivity index (χ1v) is 9.91. The van der Waals surface area contributed by atoms with Crippen LogP contribution in [0.15, 0.2) is 89.6 Å². The highest BCUT2D eigenvalue weighted by Crippen LogP contribution is 2.46. The minimum absolute atomic E-state index is 0.233. The van der Waals surface area contributed by atoms with Crippen molar-refractivity contribution >= 4 is 33.9 Å². The number of fused-ring (bicyclic) bond motifs is 3. The molecule has 0 amide bonds. The number of carbonyl (C=O) groups is 1. The summed E-state index contributed by atoms with van der Waals surface area (Å²) in [7, 11) is 0. The number of halogens is 1. The highest BCUT2D eigenvalue weighted by Gasteiger charge is 2.28. The Morgan fingerprint density at radius 2 is 1.80 bits per heavy atom. The Labute approximate surface area is 178 Å². The van der Waals surface area contributed by atoms with E-state index in [1.54, 1.807) is 24.3 Å². The first-order valence-electron chi connectivity index (χ1n) is 9.53. The molecule has 0 fully saturated rings. The van der Waals surface area contributed by atoms with Crippen molar-refractivity contribution in [1.82, 2.24) is 0 Å². The van der Waals surface area contributed by atoms with Crippen LogP contribution in [0, 0.1) is 0 Å². The maximum Gasteiger partial charge on any atom is 0.228 e. The fourth-order valence-corrected chi connectivity index (χ4v) is 4.05. The van der Waals surface area contributed by atoms with Crippen LogP contribution >= 0.6 is 11.6 Å². The summed E-state index contributed by atoms with van der Waals surface area (Å²) in [6.45, 7) is 5.97. The molecule has 1 aliphatic heterocycles. The monoisotopic (exact) mass is 412 g/mol. The van der Waals surface area contributed by atoms with E-state index in [4.69, 9.17) is 20.8 Å². The predicted octanol–water partition coefficient (Wildman–Crippen LogP) is 7.29. The van der Waals surface area contributed by atoms with Crippen molar-refractivity contribution in [2.45, 2.75) is 6.92 Å². The zero-order chi connectivity index (χ0) is 20.8. The van der Waals surface area contributed by atoms with Crippen LogP contribution in [0.25, 0.3) is 27.7 Å². The van der Waals surface area contributed by atoms with Crippen molar-refractivity contribution in [3.8, 4) is 16.9 Å². The van der Waals surface area contributed by atoms with Gasteiger partial charge in [-0.2, -0.15) is 0 Å². The number of allylic oxidation sites excluding steroid dienone is 2. The highest BCUT2D eigenvalue weighted by atomic mass is 35.5. The third-order valence-corrected chi connectivity index (χ3v) is 5.43. The first-order chi connectivity index (χ1) is 14.5. The molecule has 2 heterocycles. The normalized spacial score (nSPS) is 13.0. The number of hydrogen-bond donors (Lipinski definition) is 0. The number of ether oxygens (including phenoxy) is 1. The Kier molecular flexibility index (Phi) is 4.34. The quantitative estimate of drug-likeness (QED) is 0.331. The van der Waals surface area contributed by atoms with Gasteiger partial charge in [-0.25, -0.2) is 0 Å². The summed E-state index contributed by atoms with van der Waals surface area (Å²) < 4.78 is 12.2. The third kappa shape index (κ3) is 2.95. The minimum atomic E-state index is -0.233. The Morgan fingerprint density at radius 1 is 1.00 bits per heavy atom. The van der Waals surface area contributed by atoms with Crippen LogP contribution in [0.5, 0.6) is 5.75 Å². The van der Waals surface area contributed by atoms with E-state index in [-0.39, 0.29) is 11.5 Å². The summed E-state index contributed by atoms with van der Waals surface area (Å²) in [6.07, 6.45) is 1.90. The van der Waals surface area contributed by atoms with Gasteiger partial charge in [0.2, 0.25) is 5.78 Å². The molecule has 0 radical (unpaired) electrons. The van der Waals surface area contributed by atoms with Gasteiger partial charge in [0, 0.05) is 21.7 Å². The maximum atomic E-state index is 13.4. The lowest BCUT2D eigenvalue weighted by Crippen LogP contribution is -2.03. The summed E-state index contributed by atoms with van der Waals surface area (Å²) >= 11 is 6.12. The van der Waals surface area contributed by atoms with Gasteiger partial charge in [0.05, 0.1) is 5.39 Å². The summed E-state index contributed by atoms with van der Waals surface area (Å²) in [5.41, 5.74) is 4.63. The van der Waals surface area contributed by atoms with Crippen LogP contribution in [0.1, 0.15) is 28.6 Å². The fraction of sp³-hybridized carbons (Fsp3) is 0.0385. The smallest absolute Gasteiger partial charge is 0.228 e. The molecular formula is C26H17ClO3. The molecule has 0 N–H and O–H groups in total. The Bertz CT molecular complexity index is 1360. The van der Waals surface area contributed by atoms with Crippen LogP contribution in [-0.2, 0) is 0 Å². The van der Waals surface area contributed by atoms with Crippen molar-refractivity contribution in [2.75, 3.05) is 0 Å². The summed E-state index contributed by atoms with van der Waals surface area (Å²) in [5, 5.41) is 1.26. The van der Waals surface area contributed by atoms with E-state index < -0.39 is 0 Å². The van der Waals surface area contributed by atoms with Crippen LogP contribution in [0.2, 0.25) is 5.02 Å². The first kappa shape index (κ1) is 18.5. The second-order valence-corrected chi connectivity index (χ2v) is 7.66. The van der Waals surface area contributed by atoms with E-state index in [2.05, 4.69) is 6.58 Å². The van der Waals surface area contributed by atoms with Crippen LogP contribution < -0.4 is 4.74 Å². The number of furan rings is 1. The zero-order valence-electron chi connectivity index (χ0n) is 16.2. The number of carbonyl (C=O) groups excluding carboxylic acids is 1. The SMILES string of the molecule is C=C1C=C(C)c2ccc3oc(C(=O)c4cccc(Cl)c4)c(-c4ccccc4)c3c2O1. The molecule has 30 heavy (non-hydrogen) atoms. The topological polar surface area (TPSA) is 39.4 Å². The summed E-state index contributed by atoms with van der Waals surface area (Å²) in [5.74, 6) is 1.23. The molecule has 1 aromatic heterocycles. The lowest BCUT2D eigenvalue weighted by molar-refractivity contribution is 0.101. The molecule has 5 rings (SSSR count). The predicted molar refractivity (Wildman–Crippen MR) is 120 cm³/mol. The van der Waals surface area contributed by atoms with Gasteiger partial charge in [0.25, 0.3) is 0 Å². The van der Waals surface area contributed by atoms with E-state index in [0.717, 1.165) is 22.1 Å². The van der Waals surface area contributed by atoms with Gasteiger partial charge >= 0.3 is 0 Å². The van der Waals surface area contributed by atoms with Gasteiger partial charge in [-0.05, 0) is 48.4 Å². The highest BCUT2D eigenvalue weighted by molar-refractivity contribution is 6.31. The van der Waals surface area contributed by atoms with Gasteiger partial charge in [-0.15, -0.1) is 0 Å². The minimum Gasteiger partial charge on any atom is -0.457 e. The molecule has 1 aliphatic rings. The molecule has 4 heteroatoms. The van der Waals surface area contributed by atoms with E-state index in [1.165, 1.54) is 0 Å². The number of ketones is 1. The molecule has 4 aromatic rings. The Hall–Kier alpha value is -3.56. The molecule has 0 spiro atoms. The second kappa shape index (κ2) is 7.05. The van der Waals surface area contributed by atoms with Crippen LogP contribution in [-0.4, -0.2) is 5.78 Å². The lowest BCUT2D eigenvalue weighted by Gasteiger charge is -2.18. The average molecular weight is 413 g/mol. The van der Waals surface area contributed by atoms with Gasteiger partial charge in [0.1, 0.15) is 17.1 Å². The number of rotatable bonds is 3. The van der Waals surface area contributed by atoms with Crippen molar-refractivity contribution in [1.29, 1.82) is 0 Å². The molecule has 0 bridgehead atoms. The number of hydrogen-bond acceptors (Lipinski definition) is 3. The van der Waals surface area contributed by atoms with E-state index in [9.17, 15) is 4.79 Å². The van der Waals surface area contributed by atoms with E-state index >= 15 is 0 Å². The van der Waals surface area contributed by atoms with Crippen molar-refractivity contribution in [2.24, 2.45) is 0 Å². The van der Waals surface area contributed by atoms with Crippen molar-refractivity contribution in [3.63, 3.8) is 0 Å². The number of benzene rings is 3. The molecule has 0 saturated heterocycles. The largest absolute Gasteiger partial charge is 0.457 e. The molecular weight excluding hydrogens is 396 g/mol. The van der Waals surface area contributed by atoms with Crippen LogP contribution in [0.3, 0.4) is 0 Å². The van der Waals surface area contributed by atoms with E-state index in [1.807, 2.05) is 55.5 Å². The maximum absolute atomic E-state index is 13.4. The van der Waals surface area contributed by atoms with Crippen molar-refractivity contribution < 1.29 is 13.9 Å². The van der Waals surface area contributed by atoms with Gasteiger partial charge in [0.15, 0.2) is 5.76 Å². The third-order valence-electron chi connectivity index (χ3n) is 5.20. The fourth-order valence-electron chi connectivity index (χ4n) is 3.86. The standard InChI is InChI=1S/C26H17ClO3/c1-15-13-16(2)29-25-20(15)11-12-21-23(25)22(17-7-4-3-5-8-17)26(30-21)24(28)18-9-6-10-19(27)14-18/h3-14H,2H2,1H3. The summed E-state index contributed by atoms with van der Waals surface area (Å²) in [4.78, 5) is 13.4. The molecule has 0 aliphatic carbocycles. The summed E-state index contributed by atoms with van der Waals surface area (Å²) in [6, 6.07) is 20.4. The molecule has 146 valence electrons. The lowest BCUT2D eigenvalue weighted by atomic mass is 9.94. The van der Waals surface area contributed by atoms with Gasteiger partial charge < -0.3 is 9.15 Å².